The van der Waals surface area contributed by atoms with E-state index < -0.39 is 0 Å². The number of rotatable bonds is 4. The van der Waals surface area contributed by atoms with Gasteiger partial charge in [0.15, 0.2) is 0 Å². The Morgan fingerprint density at radius 2 is 1.92 bits per heavy atom. The number of benzene rings is 1. The molecular weight excluding hydrogens is 344 g/mol. The van der Waals surface area contributed by atoms with Crippen LogP contribution in [0.4, 0.5) is 5.82 Å². The van der Waals surface area contributed by atoms with Crippen LogP contribution in [0, 0.1) is 6.92 Å². The van der Waals surface area contributed by atoms with Gasteiger partial charge in [-0.1, -0.05) is 30.3 Å². The van der Waals surface area contributed by atoms with Gasteiger partial charge in [0.1, 0.15) is 11.5 Å². The Morgan fingerprint density at radius 3 is 2.62 bits per heavy atom. The van der Waals surface area contributed by atoms with Crippen LogP contribution in [-0.4, -0.2) is 20.7 Å². The van der Waals surface area contributed by atoms with Crippen molar-refractivity contribution in [3.63, 3.8) is 0 Å². The zero-order chi connectivity index (χ0) is 17.9. The molecule has 0 spiro atoms. The summed E-state index contributed by atoms with van der Waals surface area (Å²) >= 11 is 1.55. The first kappa shape index (κ1) is 16.2. The van der Waals surface area contributed by atoms with Gasteiger partial charge in [0.25, 0.3) is 5.91 Å². The highest BCUT2D eigenvalue weighted by atomic mass is 32.1. The molecule has 0 unspecified atom stereocenters. The molecule has 0 bridgehead atoms. The Labute approximate surface area is 155 Å². The van der Waals surface area contributed by atoms with Crippen LogP contribution in [0.2, 0.25) is 0 Å². The van der Waals surface area contributed by atoms with Crippen molar-refractivity contribution in [1.29, 1.82) is 0 Å². The number of carbonyl (C=O) groups is 1. The van der Waals surface area contributed by atoms with Gasteiger partial charge in [-0.3, -0.25) is 4.79 Å². The maximum absolute atomic E-state index is 12.9. The van der Waals surface area contributed by atoms with Crippen LogP contribution in [0.5, 0.6) is 0 Å². The largest absolute Gasteiger partial charge is 0.306 e. The van der Waals surface area contributed by atoms with Crippen LogP contribution < -0.4 is 5.32 Å². The van der Waals surface area contributed by atoms with Gasteiger partial charge >= 0.3 is 0 Å². The minimum Gasteiger partial charge on any atom is -0.306 e. The molecule has 1 aromatic carbocycles. The highest BCUT2D eigenvalue weighted by molar-refractivity contribution is 7.13. The van der Waals surface area contributed by atoms with E-state index in [0.717, 1.165) is 16.1 Å². The summed E-state index contributed by atoms with van der Waals surface area (Å²) in [5.41, 5.74) is 3.11. The molecular formula is C20H16N4OS. The predicted octanol–water partition coefficient (Wildman–Crippen LogP) is 4.56. The van der Waals surface area contributed by atoms with Crippen LogP contribution >= 0.6 is 11.3 Å². The molecule has 0 aliphatic heterocycles. The maximum Gasteiger partial charge on any atom is 0.260 e. The summed E-state index contributed by atoms with van der Waals surface area (Å²) in [6.07, 6.45) is 3.48. The molecule has 4 aromatic rings. The molecule has 0 saturated heterocycles. The molecule has 6 heteroatoms. The van der Waals surface area contributed by atoms with E-state index in [4.69, 9.17) is 0 Å². The first-order chi connectivity index (χ1) is 12.7. The van der Waals surface area contributed by atoms with Crippen LogP contribution in [-0.2, 0) is 0 Å². The molecule has 0 saturated carbocycles. The third-order valence-electron chi connectivity index (χ3n) is 3.89. The van der Waals surface area contributed by atoms with Gasteiger partial charge in [-0.15, -0.1) is 11.3 Å². The number of hydrogen-bond acceptors (Lipinski definition) is 4. The Morgan fingerprint density at radius 1 is 1.08 bits per heavy atom. The van der Waals surface area contributed by atoms with Crippen molar-refractivity contribution in [3.05, 3.63) is 83.5 Å². The Bertz CT molecular complexity index is 1020. The van der Waals surface area contributed by atoms with Crippen molar-refractivity contribution in [2.24, 2.45) is 0 Å². The fourth-order valence-corrected chi connectivity index (χ4v) is 3.30. The third kappa shape index (κ3) is 3.27. The van der Waals surface area contributed by atoms with E-state index in [1.54, 1.807) is 34.5 Å². The van der Waals surface area contributed by atoms with Gasteiger partial charge in [-0.05, 0) is 42.1 Å². The fraction of sp³-hybridized carbons (Fsp3) is 0.0500. The maximum atomic E-state index is 12.9. The highest BCUT2D eigenvalue weighted by Crippen LogP contribution is 2.28. The van der Waals surface area contributed by atoms with Crippen molar-refractivity contribution in [2.45, 2.75) is 6.92 Å². The van der Waals surface area contributed by atoms with E-state index in [-0.39, 0.29) is 5.91 Å². The molecule has 3 aromatic heterocycles. The number of aryl methyl sites for hydroxylation is 1. The number of nitrogens with one attached hydrogen (secondary N) is 1. The van der Waals surface area contributed by atoms with Crippen LogP contribution in [0.15, 0.2) is 72.4 Å². The molecule has 1 N–H and O–H groups in total. The second-order valence-electron chi connectivity index (χ2n) is 5.82. The van der Waals surface area contributed by atoms with Gasteiger partial charge < -0.3 is 5.32 Å². The van der Waals surface area contributed by atoms with Crippen LogP contribution in [0.1, 0.15) is 15.9 Å². The van der Waals surface area contributed by atoms with Gasteiger partial charge in [-0.2, -0.15) is 5.10 Å². The third-order valence-corrected chi connectivity index (χ3v) is 4.76. The van der Waals surface area contributed by atoms with Crippen LogP contribution in [0.3, 0.4) is 0 Å². The molecule has 128 valence electrons. The highest BCUT2D eigenvalue weighted by Gasteiger charge is 2.19. The SMILES string of the molecule is Cc1ccc(NC(=O)c2cn(-c3ccccc3)nc2-c2cccs2)nc1. The average molecular weight is 360 g/mol. The van der Waals surface area contributed by atoms with E-state index in [1.165, 1.54) is 0 Å². The van der Waals surface area contributed by atoms with Crippen molar-refractivity contribution < 1.29 is 4.79 Å². The number of pyridine rings is 1. The second-order valence-corrected chi connectivity index (χ2v) is 6.77. The lowest BCUT2D eigenvalue weighted by Crippen LogP contribution is -2.13. The lowest BCUT2D eigenvalue weighted by atomic mass is 10.2. The molecule has 0 fully saturated rings. The number of para-hydroxylation sites is 1. The standard InChI is InChI=1S/C20H16N4OS/c1-14-9-10-18(21-12-14)22-20(25)16-13-24(15-6-3-2-4-7-15)23-19(16)17-8-5-11-26-17/h2-13H,1H3,(H,21,22,25). The summed E-state index contributed by atoms with van der Waals surface area (Å²) in [4.78, 5) is 18.1. The van der Waals surface area contributed by atoms with E-state index in [9.17, 15) is 4.79 Å². The number of amides is 1. The molecule has 0 aliphatic rings. The Balaban J connectivity index is 1.72. The van der Waals surface area contributed by atoms with E-state index >= 15 is 0 Å². The molecule has 1 amide bonds. The lowest BCUT2D eigenvalue weighted by Gasteiger charge is -2.04. The Kier molecular flexibility index (Phi) is 4.33. The number of thiophene rings is 1. The zero-order valence-corrected chi connectivity index (χ0v) is 14.9. The summed E-state index contributed by atoms with van der Waals surface area (Å²) in [5.74, 6) is 0.289. The predicted molar refractivity (Wildman–Crippen MR) is 104 cm³/mol. The number of aromatic nitrogens is 3. The molecule has 5 nitrogen and oxygen atoms in total. The first-order valence-corrected chi connectivity index (χ1v) is 9.01. The number of anilines is 1. The van der Waals surface area contributed by atoms with Gasteiger partial charge in [0.2, 0.25) is 0 Å². The fourth-order valence-electron chi connectivity index (χ4n) is 2.57. The lowest BCUT2D eigenvalue weighted by molar-refractivity contribution is 0.102. The molecule has 0 aliphatic carbocycles. The molecule has 3 heterocycles. The van der Waals surface area contributed by atoms with Gasteiger partial charge in [0, 0.05) is 12.4 Å². The average Bonchev–Trinajstić information content (AvgIpc) is 3.34. The second kappa shape index (κ2) is 6.93. The number of nitrogens with zero attached hydrogens (tertiary/aromatic N) is 3. The smallest absolute Gasteiger partial charge is 0.260 e. The topological polar surface area (TPSA) is 59.8 Å². The minimum atomic E-state index is -0.230. The molecule has 4 rings (SSSR count). The molecule has 0 atom stereocenters. The summed E-state index contributed by atoms with van der Waals surface area (Å²) in [5, 5.41) is 9.47. The molecule has 0 radical (unpaired) electrons. The summed E-state index contributed by atoms with van der Waals surface area (Å²) in [6.45, 7) is 1.96. The first-order valence-electron chi connectivity index (χ1n) is 8.14. The van der Waals surface area contributed by atoms with Crippen molar-refractivity contribution in [3.8, 4) is 16.3 Å². The Hall–Kier alpha value is -3.25. The number of carbonyl (C=O) groups excluding carboxylic acids is 1. The minimum absolute atomic E-state index is 0.230. The van der Waals surface area contributed by atoms with Gasteiger partial charge in [0.05, 0.1) is 16.1 Å². The summed E-state index contributed by atoms with van der Waals surface area (Å²) in [7, 11) is 0. The summed E-state index contributed by atoms with van der Waals surface area (Å²) < 4.78 is 1.73. The molecule has 26 heavy (non-hydrogen) atoms. The van der Waals surface area contributed by atoms with Gasteiger partial charge in [-0.25, -0.2) is 9.67 Å². The summed E-state index contributed by atoms with van der Waals surface area (Å²) in [6, 6.07) is 17.4. The zero-order valence-electron chi connectivity index (χ0n) is 14.1. The van der Waals surface area contributed by atoms with E-state index in [0.29, 0.717) is 17.1 Å². The van der Waals surface area contributed by atoms with Crippen molar-refractivity contribution >= 4 is 23.1 Å². The van der Waals surface area contributed by atoms with E-state index in [1.807, 2.05) is 60.8 Å². The van der Waals surface area contributed by atoms with Crippen molar-refractivity contribution in [1.82, 2.24) is 14.8 Å². The quantitative estimate of drug-likeness (QED) is 0.580. The van der Waals surface area contributed by atoms with E-state index in [2.05, 4.69) is 15.4 Å². The monoisotopic (exact) mass is 360 g/mol. The van der Waals surface area contributed by atoms with Crippen molar-refractivity contribution in [2.75, 3.05) is 5.32 Å². The number of hydrogen-bond donors (Lipinski definition) is 1. The normalized spacial score (nSPS) is 10.7. The van der Waals surface area contributed by atoms with Crippen LogP contribution in [0.25, 0.3) is 16.3 Å².